The molecule has 0 aromatic heterocycles. The van der Waals surface area contributed by atoms with Crippen LogP contribution in [0.15, 0.2) is 35.9 Å². The third-order valence-corrected chi connectivity index (χ3v) is 3.72. The lowest BCUT2D eigenvalue weighted by molar-refractivity contribution is -0.136. The minimum atomic E-state index is -0.250. The molecule has 1 atom stereocenters. The molecule has 0 bridgehead atoms. The van der Waals surface area contributed by atoms with Gasteiger partial charge in [0.2, 0.25) is 0 Å². The first-order valence-electron chi connectivity index (χ1n) is 6.72. The van der Waals surface area contributed by atoms with Crippen LogP contribution in [0.4, 0.5) is 0 Å². The highest BCUT2D eigenvalue weighted by Crippen LogP contribution is 2.20. The second kappa shape index (κ2) is 8.08. The zero-order valence-electron chi connectivity index (χ0n) is 12.5. The number of likely N-dealkylation sites (N-methyl/N-ethyl adjacent to an activating group) is 1. The molecule has 1 rings (SSSR count). The number of carbonyl (C=O) groups is 1. The number of rotatable bonds is 6. The van der Waals surface area contributed by atoms with E-state index in [2.05, 4.69) is 11.8 Å². The minimum Gasteiger partial charge on any atom is -0.466 e. The van der Waals surface area contributed by atoms with Gasteiger partial charge in [-0.25, -0.2) is 4.79 Å². The fraction of sp³-hybridized carbons (Fsp3) is 0.438. The van der Waals surface area contributed by atoms with E-state index in [4.69, 9.17) is 16.3 Å². The van der Waals surface area contributed by atoms with E-state index in [9.17, 15) is 4.79 Å². The fourth-order valence-corrected chi connectivity index (χ4v) is 2.04. The number of ether oxygens (including phenoxy) is 1. The molecule has 0 spiro atoms. The van der Waals surface area contributed by atoms with Gasteiger partial charge in [0, 0.05) is 23.2 Å². The Morgan fingerprint density at radius 3 is 2.50 bits per heavy atom. The normalized spacial score (nSPS) is 13.4. The molecule has 20 heavy (non-hydrogen) atoms. The third kappa shape index (κ3) is 4.66. The van der Waals surface area contributed by atoms with Crippen molar-refractivity contribution in [3.05, 3.63) is 46.5 Å². The van der Waals surface area contributed by atoms with Crippen molar-refractivity contribution >= 4 is 17.6 Å². The zero-order chi connectivity index (χ0) is 15.1. The Morgan fingerprint density at radius 2 is 2.00 bits per heavy atom. The number of carbonyl (C=O) groups excluding carboxylic acids is 1. The molecule has 1 unspecified atom stereocenters. The highest BCUT2D eigenvalue weighted by atomic mass is 35.5. The third-order valence-electron chi connectivity index (χ3n) is 3.47. The average Bonchev–Trinajstić information content (AvgIpc) is 2.47. The summed E-state index contributed by atoms with van der Waals surface area (Å²) in [6, 6.07) is 8.08. The van der Waals surface area contributed by atoms with Gasteiger partial charge in [0.15, 0.2) is 0 Å². The highest BCUT2D eigenvalue weighted by Gasteiger charge is 2.12. The Bertz CT molecular complexity index is 468. The molecule has 0 saturated heterocycles. The van der Waals surface area contributed by atoms with Gasteiger partial charge >= 0.3 is 5.97 Å². The predicted octanol–water partition coefficient (Wildman–Crippen LogP) is 3.84. The van der Waals surface area contributed by atoms with Gasteiger partial charge in [0.25, 0.3) is 0 Å². The molecule has 0 N–H and O–H groups in total. The van der Waals surface area contributed by atoms with Gasteiger partial charge in [0.05, 0.1) is 7.11 Å². The van der Waals surface area contributed by atoms with Crippen LogP contribution in [-0.4, -0.2) is 31.6 Å². The molecule has 1 aromatic carbocycles. The summed E-state index contributed by atoms with van der Waals surface area (Å²) in [4.78, 5) is 13.7. The number of esters is 1. The summed E-state index contributed by atoms with van der Waals surface area (Å²) >= 11 is 5.89. The first-order chi connectivity index (χ1) is 9.49. The topological polar surface area (TPSA) is 29.5 Å². The summed E-state index contributed by atoms with van der Waals surface area (Å²) in [5, 5.41) is 0.738. The Morgan fingerprint density at radius 1 is 1.40 bits per heavy atom. The molecule has 0 aliphatic rings. The summed E-state index contributed by atoms with van der Waals surface area (Å²) in [7, 11) is 3.44. The van der Waals surface area contributed by atoms with Gasteiger partial charge in [-0.3, -0.25) is 4.90 Å². The van der Waals surface area contributed by atoms with Crippen LogP contribution in [0.3, 0.4) is 0 Å². The van der Waals surface area contributed by atoms with E-state index < -0.39 is 0 Å². The maximum Gasteiger partial charge on any atom is 0.333 e. The van der Waals surface area contributed by atoms with Gasteiger partial charge in [-0.05, 0) is 38.1 Å². The van der Waals surface area contributed by atoms with Gasteiger partial charge in [-0.15, -0.1) is 0 Å². The molecule has 0 saturated carbocycles. The van der Waals surface area contributed by atoms with Crippen molar-refractivity contribution < 1.29 is 9.53 Å². The Labute approximate surface area is 126 Å². The number of hydrogen-bond acceptors (Lipinski definition) is 3. The summed E-state index contributed by atoms with van der Waals surface area (Å²) in [5.74, 6) is -0.250. The van der Waals surface area contributed by atoms with Crippen LogP contribution in [0, 0.1) is 0 Å². The standard InChI is InChI=1S/C16H22ClNO2/c1-5-13(16(19)20-4)10-11-18(3)12(2)14-6-8-15(17)9-7-14/h6-10,12H,5,11H2,1-4H3. The maximum atomic E-state index is 11.5. The van der Waals surface area contributed by atoms with Crippen LogP contribution in [0.25, 0.3) is 0 Å². The van der Waals surface area contributed by atoms with Crippen molar-refractivity contribution in [3.8, 4) is 0 Å². The Balaban J connectivity index is 2.70. The van der Waals surface area contributed by atoms with Crippen LogP contribution in [0.5, 0.6) is 0 Å². The number of benzene rings is 1. The molecule has 110 valence electrons. The van der Waals surface area contributed by atoms with Gasteiger partial charge in [-0.2, -0.15) is 0 Å². The molecule has 0 aliphatic heterocycles. The van der Waals surface area contributed by atoms with E-state index in [1.54, 1.807) is 0 Å². The van der Waals surface area contributed by atoms with E-state index >= 15 is 0 Å². The van der Waals surface area contributed by atoms with Crippen LogP contribution in [-0.2, 0) is 9.53 Å². The van der Waals surface area contributed by atoms with Crippen molar-refractivity contribution in [2.24, 2.45) is 0 Å². The Hall–Kier alpha value is -1.32. The molecule has 3 nitrogen and oxygen atoms in total. The molecule has 0 radical (unpaired) electrons. The predicted molar refractivity (Wildman–Crippen MR) is 82.9 cm³/mol. The lowest BCUT2D eigenvalue weighted by Gasteiger charge is -2.24. The van der Waals surface area contributed by atoms with Crippen LogP contribution in [0.1, 0.15) is 31.9 Å². The number of hydrogen-bond donors (Lipinski definition) is 0. The molecule has 1 aromatic rings. The Kier molecular flexibility index (Phi) is 6.76. The summed E-state index contributed by atoms with van der Waals surface area (Å²) in [5.41, 5.74) is 1.91. The number of nitrogens with zero attached hydrogens (tertiary/aromatic N) is 1. The molecule has 0 aliphatic carbocycles. The summed E-state index contributed by atoms with van der Waals surface area (Å²) in [6.07, 6.45) is 2.61. The van der Waals surface area contributed by atoms with Crippen molar-refractivity contribution in [3.63, 3.8) is 0 Å². The second-order valence-corrected chi connectivity index (χ2v) is 5.18. The summed E-state index contributed by atoms with van der Waals surface area (Å²) < 4.78 is 4.75. The molecular formula is C16H22ClNO2. The van der Waals surface area contributed by atoms with E-state index in [0.717, 1.165) is 5.02 Å². The molecule has 4 heteroatoms. The lowest BCUT2D eigenvalue weighted by Crippen LogP contribution is -2.23. The van der Waals surface area contributed by atoms with Crippen LogP contribution >= 0.6 is 11.6 Å². The van der Waals surface area contributed by atoms with Crippen molar-refractivity contribution in [2.75, 3.05) is 20.7 Å². The summed E-state index contributed by atoms with van der Waals surface area (Å²) in [6.45, 7) is 4.77. The van der Waals surface area contributed by atoms with E-state index in [1.807, 2.05) is 44.3 Å². The quantitative estimate of drug-likeness (QED) is 0.590. The smallest absolute Gasteiger partial charge is 0.333 e. The van der Waals surface area contributed by atoms with Crippen molar-refractivity contribution in [2.45, 2.75) is 26.3 Å². The van der Waals surface area contributed by atoms with Crippen LogP contribution < -0.4 is 0 Å². The van der Waals surface area contributed by atoms with Gasteiger partial charge in [0.1, 0.15) is 0 Å². The maximum absolute atomic E-state index is 11.5. The molecule has 0 fully saturated rings. The zero-order valence-corrected chi connectivity index (χ0v) is 13.3. The molecule has 0 amide bonds. The van der Waals surface area contributed by atoms with E-state index in [1.165, 1.54) is 12.7 Å². The van der Waals surface area contributed by atoms with E-state index in [0.29, 0.717) is 18.5 Å². The van der Waals surface area contributed by atoms with Crippen molar-refractivity contribution in [1.29, 1.82) is 0 Å². The first-order valence-corrected chi connectivity index (χ1v) is 7.10. The minimum absolute atomic E-state index is 0.249. The van der Waals surface area contributed by atoms with Gasteiger partial charge in [-0.1, -0.05) is 36.7 Å². The number of methoxy groups -OCH3 is 1. The first kappa shape index (κ1) is 16.7. The highest BCUT2D eigenvalue weighted by molar-refractivity contribution is 6.30. The van der Waals surface area contributed by atoms with Gasteiger partial charge < -0.3 is 4.74 Å². The number of halogens is 1. The lowest BCUT2D eigenvalue weighted by atomic mass is 10.1. The monoisotopic (exact) mass is 295 g/mol. The second-order valence-electron chi connectivity index (χ2n) is 4.74. The average molecular weight is 296 g/mol. The fourth-order valence-electron chi connectivity index (χ4n) is 1.91. The van der Waals surface area contributed by atoms with E-state index in [-0.39, 0.29) is 12.0 Å². The largest absolute Gasteiger partial charge is 0.466 e. The van der Waals surface area contributed by atoms with Crippen molar-refractivity contribution in [1.82, 2.24) is 4.90 Å². The molecular weight excluding hydrogens is 274 g/mol. The SMILES string of the molecule is CCC(=CCN(C)C(C)c1ccc(Cl)cc1)C(=O)OC. The molecule has 0 heterocycles. The van der Waals surface area contributed by atoms with Crippen LogP contribution in [0.2, 0.25) is 5.02 Å².